The molecule has 0 aliphatic carbocycles. The largest absolute Gasteiger partial charge is 0.496 e. The molecule has 0 aromatic heterocycles. The summed E-state index contributed by atoms with van der Waals surface area (Å²) in [4.78, 5) is 23.8. The molecular formula is C14H19NO4. The van der Waals surface area contributed by atoms with E-state index < -0.39 is 5.91 Å². The highest BCUT2D eigenvalue weighted by Gasteiger charge is 2.20. The van der Waals surface area contributed by atoms with Crippen LogP contribution in [0.3, 0.4) is 0 Å². The van der Waals surface area contributed by atoms with E-state index in [0.717, 1.165) is 5.56 Å². The molecule has 1 aromatic rings. The lowest BCUT2D eigenvalue weighted by molar-refractivity contribution is -0.140. The molecule has 104 valence electrons. The van der Waals surface area contributed by atoms with Crippen molar-refractivity contribution in [2.24, 2.45) is 0 Å². The first-order valence-corrected chi connectivity index (χ1v) is 6.00. The molecule has 0 saturated heterocycles. The van der Waals surface area contributed by atoms with E-state index in [1.807, 2.05) is 19.9 Å². The smallest absolute Gasteiger partial charge is 0.287 e. The molecule has 5 nitrogen and oxygen atoms in total. The van der Waals surface area contributed by atoms with Crippen LogP contribution in [0.2, 0.25) is 0 Å². The maximum atomic E-state index is 11.6. The summed E-state index contributed by atoms with van der Waals surface area (Å²) in [7, 11) is 3.11. The van der Waals surface area contributed by atoms with Gasteiger partial charge in [0.25, 0.3) is 5.91 Å². The fourth-order valence-corrected chi connectivity index (χ4v) is 1.84. The van der Waals surface area contributed by atoms with Gasteiger partial charge in [-0.25, -0.2) is 0 Å². The van der Waals surface area contributed by atoms with Gasteiger partial charge in [-0.1, -0.05) is 6.07 Å². The van der Waals surface area contributed by atoms with E-state index in [9.17, 15) is 9.59 Å². The van der Waals surface area contributed by atoms with Crippen LogP contribution in [-0.2, 0) is 16.1 Å². The van der Waals surface area contributed by atoms with Gasteiger partial charge in [-0.15, -0.1) is 0 Å². The second kappa shape index (κ2) is 6.78. The molecule has 0 heterocycles. The Morgan fingerprint density at radius 2 is 1.79 bits per heavy atom. The summed E-state index contributed by atoms with van der Waals surface area (Å²) in [6.45, 7) is 3.97. The molecule has 1 amide bonds. The van der Waals surface area contributed by atoms with E-state index in [2.05, 4.69) is 0 Å². The molecule has 0 saturated carbocycles. The van der Waals surface area contributed by atoms with Crippen molar-refractivity contribution in [2.75, 3.05) is 14.2 Å². The SMILES string of the molecule is COc1cccc(OC)c1CN(C(=O)C=O)C(C)C. The number of aldehydes is 1. The third-order valence-corrected chi connectivity index (χ3v) is 2.87. The normalized spacial score (nSPS) is 10.2. The van der Waals surface area contributed by atoms with Crippen molar-refractivity contribution in [3.63, 3.8) is 0 Å². The molecule has 0 atom stereocenters. The minimum atomic E-state index is -0.553. The van der Waals surface area contributed by atoms with E-state index in [-0.39, 0.29) is 12.6 Å². The third kappa shape index (κ3) is 3.47. The first-order chi connectivity index (χ1) is 9.04. The Kier molecular flexibility index (Phi) is 5.36. The molecule has 0 aliphatic heterocycles. The number of hydrogen-bond acceptors (Lipinski definition) is 4. The highest BCUT2D eigenvalue weighted by atomic mass is 16.5. The molecule has 19 heavy (non-hydrogen) atoms. The lowest BCUT2D eigenvalue weighted by Gasteiger charge is -2.26. The van der Waals surface area contributed by atoms with Crippen LogP contribution in [0.25, 0.3) is 0 Å². The number of nitrogens with zero attached hydrogens (tertiary/aromatic N) is 1. The number of rotatable bonds is 6. The quantitative estimate of drug-likeness (QED) is 0.579. The van der Waals surface area contributed by atoms with Crippen LogP contribution < -0.4 is 9.47 Å². The number of ether oxygens (including phenoxy) is 2. The number of carbonyl (C=O) groups is 2. The Labute approximate surface area is 113 Å². The third-order valence-electron chi connectivity index (χ3n) is 2.87. The van der Waals surface area contributed by atoms with Gasteiger partial charge in [0.2, 0.25) is 6.29 Å². The van der Waals surface area contributed by atoms with Crippen molar-refractivity contribution < 1.29 is 19.1 Å². The van der Waals surface area contributed by atoms with Crippen molar-refractivity contribution >= 4 is 12.2 Å². The van der Waals surface area contributed by atoms with Crippen molar-refractivity contribution in [2.45, 2.75) is 26.4 Å². The Balaban J connectivity index is 3.14. The van der Waals surface area contributed by atoms with Gasteiger partial charge in [-0.3, -0.25) is 9.59 Å². The zero-order valence-electron chi connectivity index (χ0n) is 11.7. The summed E-state index contributed by atoms with van der Waals surface area (Å²) < 4.78 is 10.6. The fourth-order valence-electron chi connectivity index (χ4n) is 1.84. The van der Waals surface area contributed by atoms with E-state index in [1.165, 1.54) is 4.90 Å². The summed E-state index contributed by atoms with van der Waals surface area (Å²) in [5.41, 5.74) is 0.747. The second-order valence-electron chi connectivity index (χ2n) is 4.32. The Hall–Kier alpha value is -2.04. The maximum absolute atomic E-state index is 11.6. The fraction of sp³-hybridized carbons (Fsp3) is 0.429. The average Bonchev–Trinajstić information content (AvgIpc) is 2.43. The van der Waals surface area contributed by atoms with Gasteiger partial charge < -0.3 is 14.4 Å². The zero-order valence-corrected chi connectivity index (χ0v) is 11.7. The van der Waals surface area contributed by atoms with Crippen LogP contribution >= 0.6 is 0 Å². The molecule has 5 heteroatoms. The van der Waals surface area contributed by atoms with Crippen LogP contribution in [-0.4, -0.2) is 37.4 Å². The van der Waals surface area contributed by atoms with Gasteiger partial charge in [-0.2, -0.15) is 0 Å². The van der Waals surface area contributed by atoms with Gasteiger partial charge in [-0.05, 0) is 26.0 Å². The number of methoxy groups -OCH3 is 2. The maximum Gasteiger partial charge on any atom is 0.287 e. The number of benzene rings is 1. The Morgan fingerprint density at radius 1 is 1.26 bits per heavy atom. The number of carbonyl (C=O) groups excluding carboxylic acids is 2. The summed E-state index contributed by atoms with van der Waals surface area (Å²) in [5.74, 6) is 0.704. The molecular weight excluding hydrogens is 246 g/mol. The monoisotopic (exact) mass is 265 g/mol. The van der Waals surface area contributed by atoms with Crippen LogP contribution in [0, 0.1) is 0 Å². The molecule has 0 radical (unpaired) electrons. The van der Waals surface area contributed by atoms with Gasteiger partial charge in [0.05, 0.1) is 26.3 Å². The summed E-state index contributed by atoms with van der Waals surface area (Å²) in [6, 6.07) is 5.30. The minimum absolute atomic E-state index is 0.0904. The topological polar surface area (TPSA) is 55.8 Å². The first-order valence-electron chi connectivity index (χ1n) is 6.00. The van der Waals surface area contributed by atoms with Crippen molar-refractivity contribution in [3.8, 4) is 11.5 Å². The van der Waals surface area contributed by atoms with Crippen LogP contribution in [0.4, 0.5) is 0 Å². The predicted molar refractivity (Wildman–Crippen MR) is 71.3 cm³/mol. The molecule has 0 N–H and O–H groups in total. The van der Waals surface area contributed by atoms with Gasteiger partial charge in [0.15, 0.2) is 0 Å². The molecule has 0 aliphatic rings. The predicted octanol–water partition coefficient (Wildman–Crippen LogP) is 1.64. The first kappa shape index (κ1) is 15.0. The van der Waals surface area contributed by atoms with E-state index in [4.69, 9.17) is 9.47 Å². The van der Waals surface area contributed by atoms with Gasteiger partial charge in [0.1, 0.15) is 11.5 Å². The minimum Gasteiger partial charge on any atom is -0.496 e. The molecule has 0 fully saturated rings. The summed E-state index contributed by atoms with van der Waals surface area (Å²) >= 11 is 0. The van der Waals surface area contributed by atoms with Crippen LogP contribution in [0.1, 0.15) is 19.4 Å². The van der Waals surface area contributed by atoms with E-state index in [0.29, 0.717) is 17.8 Å². The van der Waals surface area contributed by atoms with Crippen molar-refractivity contribution in [1.82, 2.24) is 4.90 Å². The van der Waals surface area contributed by atoms with Gasteiger partial charge in [0, 0.05) is 6.04 Å². The standard InChI is InChI=1S/C14H19NO4/c1-10(2)15(14(17)9-16)8-11-12(18-3)6-5-7-13(11)19-4/h5-7,9-10H,8H2,1-4H3. The number of amides is 1. The van der Waals surface area contributed by atoms with E-state index in [1.54, 1.807) is 26.4 Å². The highest BCUT2D eigenvalue weighted by Crippen LogP contribution is 2.29. The second-order valence-corrected chi connectivity index (χ2v) is 4.32. The lowest BCUT2D eigenvalue weighted by Crippen LogP contribution is -2.37. The summed E-state index contributed by atoms with van der Waals surface area (Å²) in [5, 5.41) is 0. The zero-order chi connectivity index (χ0) is 14.4. The highest BCUT2D eigenvalue weighted by molar-refractivity contribution is 6.23. The Morgan fingerprint density at radius 3 is 2.16 bits per heavy atom. The van der Waals surface area contributed by atoms with E-state index >= 15 is 0 Å². The average molecular weight is 265 g/mol. The molecule has 1 rings (SSSR count). The number of hydrogen-bond donors (Lipinski definition) is 0. The molecule has 0 unspecified atom stereocenters. The summed E-state index contributed by atoms with van der Waals surface area (Å²) in [6.07, 6.45) is 0.321. The lowest BCUT2D eigenvalue weighted by atomic mass is 10.1. The Bertz CT molecular complexity index is 435. The molecule has 0 spiro atoms. The van der Waals surface area contributed by atoms with Crippen LogP contribution in [0.15, 0.2) is 18.2 Å². The van der Waals surface area contributed by atoms with Crippen molar-refractivity contribution in [3.05, 3.63) is 23.8 Å². The van der Waals surface area contributed by atoms with Crippen molar-refractivity contribution in [1.29, 1.82) is 0 Å². The van der Waals surface area contributed by atoms with Crippen LogP contribution in [0.5, 0.6) is 11.5 Å². The molecule has 0 bridgehead atoms. The van der Waals surface area contributed by atoms with Gasteiger partial charge >= 0.3 is 0 Å². The molecule has 1 aromatic carbocycles.